The molecule has 1 N–H and O–H groups in total. The molecule has 0 saturated carbocycles. The number of benzene rings is 1. The van der Waals surface area contributed by atoms with Crippen molar-refractivity contribution in [1.82, 2.24) is 20.2 Å². The van der Waals surface area contributed by atoms with E-state index in [1.54, 1.807) is 18.2 Å². The molecule has 0 saturated heterocycles. The smallest absolute Gasteiger partial charge is 0.275 e. The van der Waals surface area contributed by atoms with E-state index in [2.05, 4.69) is 20.8 Å². The monoisotopic (exact) mass is 312 g/mol. The number of nitrogens with one attached hydrogen (secondary N) is 1. The highest BCUT2D eigenvalue weighted by Crippen LogP contribution is 2.41. The maximum absolute atomic E-state index is 12.5. The number of fused-ring (bicyclic) bond motifs is 1. The molecule has 1 aromatic heterocycles. The van der Waals surface area contributed by atoms with Gasteiger partial charge in [0.2, 0.25) is 5.95 Å². The first-order valence-corrected chi connectivity index (χ1v) is 7.21. The largest absolute Gasteiger partial charge is 0.326 e. The summed E-state index contributed by atoms with van der Waals surface area (Å²) < 4.78 is 1.43. The second-order valence-corrected chi connectivity index (χ2v) is 5.46. The zero-order valence-corrected chi connectivity index (χ0v) is 12.0. The van der Waals surface area contributed by atoms with Gasteiger partial charge in [-0.25, -0.2) is 0 Å². The molecule has 0 unspecified atom stereocenters. The second kappa shape index (κ2) is 4.97. The minimum absolute atomic E-state index is 0.0250. The third kappa shape index (κ3) is 2.00. The highest BCUT2D eigenvalue weighted by atomic mass is 16.6. The van der Waals surface area contributed by atoms with Gasteiger partial charge in [-0.15, -0.1) is 0 Å². The van der Waals surface area contributed by atoms with Crippen molar-refractivity contribution in [1.29, 1.82) is 0 Å². The number of nitro benzene ring substituents is 1. The lowest BCUT2D eigenvalue weighted by Gasteiger charge is -2.31. The minimum atomic E-state index is -0.675. The number of hydrogen-bond donors (Lipinski definition) is 1. The fourth-order valence-corrected chi connectivity index (χ4v) is 3.19. The molecule has 9 heteroatoms. The predicted molar refractivity (Wildman–Crippen MR) is 78.6 cm³/mol. The Morgan fingerprint density at radius 2 is 2.13 bits per heavy atom. The van der Waals surface area contributed by atoms with Crippen molar-refractivity contribution in [3.8, 4) is 0 Å². The summed E-state index contributed by atoms with van der Waals surface area (Å²) in [6.07, 6.45) is 1.87. The topological polar surface area (TPSA) is 116 Å². The molecule has 9 nitrogen and oxygen atoms in total. The summed E-state index contributed by atoms with van der Waals surface area (Å²) in [5.41, 5.74) is 1.64. The van der Waals surface area contributed by atoms with E-state index >= 15 is 0 Å². The highest BCUT2D eigenvalue weighted by Gasteiger charge is 2.39. The Hall–Kier alpha value is -3.10. The molecular formula is C14H12N6O3. The Labute approximate surface area is 130 Å². The summed E-state index contributed by atoms with van der Waals surface area (Å²) >= 11 is 0. The van der Waals surface area contributed by atoms with Gasteiger partial charge in [-0.05, 0) is 29.3 Å². The van der Waals surface area contributed by atoms with Gasteiger partial charge in [0, 0.05) is 23.8 Å². The Bertz CT molecular complexity index is 856. The maximum atomic E-state index is 12.5. The first-order chi connectivity index (χ1) is 11.2. The van der Waals surface area contributed by atoms with Crippen LogP contribution in [0.3, 0.4) is 0 Å². The highest BCUT2D eigenvalue weighted by molar-refractivity contribution is 5.99. The SMILES string of the molecule is O=C1CCCC2=C1[C@H](c1ccccc1[N+](=O)[O-])n1nnnc1N2. The van der Waals surface area contributed by atoms with Crippen LogP contribution in [0.1, 0.15) is 30.9 Å². The van der Waals surface area contributed by atoms with E-state index < -0.39 is 11.0 Å². The predicted octanol–water partition coefficient (Wildman–Crippen LogP) is 1.60. The fraction of sp³-hybridized carbons (Fsp3) is 0.286. The summed E-state index contributed by atoms with van der Waals surface area (Å²) in [5, 5.41) is 25.9. The average molecular weight is 312 g/mol. The Morgan fingerprint density at radius 3 is 2.96 bits per heavy atom. The van der Waals surface area contributed by atoms with Crippen LogP contribution in [0.4, 0.5) is 11.6 Å². The van der Waals surface area contributed by atoms with E-state index in [0.29, 0.717) is 29.9 Å². The van der Waals surface area contributed by atoms with E-state index in [4.69, 9.17) is 0 Å². The number of carbonyl (C=O) groups excluding carboxylic acids is 1. The number of allylic oxidation sites excluding steroid dienone is 2. The number of para-hydroxylation sites is 1. The first-order valence-electron chi connectivity index (χ1n) is 7.21. The Balaban J connectivity index is 1.97. The number of nitrogens with zero attached hydrogens (tertiary/aromatic N) is 5. The number of Topliss-reactive ketones (excluding diaryl/α,β-unsaturated/α-hetero) is 1. The van der Waals surface area contributed by atoms with Crippen molar-refractivity contribution in [2.45, 2.75) is 25.3 Å². The van der Waals surface area contributed by atoms with E-state index in [1.807, 2.05) is 0 Å². The molecule has 1 atom stereocenters. The molecule has 0 spiro atoms. The third-order valence-corrected chi connectivity index (χ3v) is 4.16. The molecule has 1 aromatic carbocycles. The van der Waals surface area contributed by atoms with Crippen LogP contribution < -0.4 is 5.32 Å². The number of aromatic nitrogens is 4. The van der Waals surface area contributed by atoms with Gasteiger partial charge in [0.15, 0.2) is 5.78 Å². The van der Waals surface area contributed by atoms with Crippen LogP contribution in [-0.4, -0.2) is 30.9 Å². The summed E-state index contributed by atoms with van der Waals surface area (Å²) in [7, 11) is 0. The van der Waals surface area contributed by atoms with Crippen molar-refractivity contribution < 1.29 is 9.72 Å². The average Bonchev–Trinajstić information content (AvgIpc) is 3.01. The second-order valence-electron chi connectivity index (χ2n) is 5.46. The molecule has 4 rings (SSSR count). The zero-order chi connectivity index (χ0) is 16.0. The Kier molecular flexibility index (Phi) is 2.93. The summed E-state index contributed by atoms with van der Waals surface area (Å²) in [5.74, 6) is 0.365. The Morgan fingerprint density at radius 1 is 1.30 bits per heavy atom. The van der Waals surface area contributed by atoms with Crippen LogP contribution in [0.2, 0.25) is 0 Å². The van der Waals surface area contributed by atoms with Crippen LogP contribution in [0, 0.1) is 10.1 Å². The molecule has 0 radical (unpaired) electrons. The molecule has 1 aliphatic heterocycles. The molecular weight excluding hydrogens is 300 g/mol. The van der Waals surface area contributed by atoms with E-state index in [9.17, 15) is 14.9 Å². The van der Waals surface area contributed by atoms with Crippen LogP contribution in [0.15, 0.2) is 35.5 Å². The molecule has 0 bridgehead atoms. The van der Waals surface area contributed by atoms with Crippen LogP contribution >= 0.6 is 0 Å². The number of carbonyl (C=O) groups is 1. The van der Waals surface area contributed by atoms with Gasteiger partial charge in [0.25, 0.3) is 5.69 Å². The lowest BCUT2D eigenvalue weighted by atomic mass is 9.85. The molecule has 2 heterocycles. The van der Waals surface area contributed by atoms with Gasteiger partial charge in [-0.2, -0.15) is 4.68 Å². The van der Waals surface area contributed by atoms with Gasteiger partial charge in [0.05, 0.1) is 10.5 Å². The number of nitro groups is 1. The number of ketones is 1. The molecule has 0 amide bonds. The van der Waals surface area contributed by atoms with Gasteiger partial charge in [0.1, 0.15) is 6.04 Å². The van der Waals surface area contributed by atoms with Crippen LogP contribution in [0.5, 0.6) is 0 Å². The third-order valence-electron chi connectivity index (χ3n) is 4.16. The lowest BCUT2D eigenvalue weighted by Crippen LogP contribution is -2.31. The molecule has 2 aliphatic rings. The quantitative estimate of drug-likeness (QED) is 0.661. The summed E-state index contributed by atoms with van der Waals surface area (Å²) in [6, 6.07) is 5.70. The first kappa shape index (κ1) is 13.6. The number of hydrogen-bond acceptors (Lipinski definition) is 7. The number of rotatable bonds is 2. The van der Waals surface area contributed by atoms with E-state index in [0.717, 1.165) is 12.1 Å². The molecule has 0 fully saturated rings. The standard InChI is InChI=1S/C14H12N6O3/c21-11-7-3-5-9-12(11)13(19-14(15-9)16-17-18-19)8-4-1-2-6-10(8)20(22)23/h1-2,4,6,13H,3,5,7H2,(H,15,16,18)/t13-/m0/s1. The maximum Gasteiger partial charge on any atom is 0.275 e. The van der Waals surface area contributed by atoms with E-state index in [1.165, 1.54) is 10.7 Å². The normalized spacial score (nSPS) is 19.8. The lowest BCUT2D eigenvalue weighted by molar-refractivity contribution is -0.385. The van der Waals surface area contributed by atoms with Crippen LogP contribution in [0.25, 0.3) is 0 Å². The van der Waals surface area contributed by atoms with Crippen molar-refractivity contribution in [3.63, 3.8) is 0 Å². The number of anilines is 1. The van der Waals surface area contributed by atoms with Crippen molar-refractivity contribution in [2.75, 3.05) is 5.32 Å². The minimum Gasteiger partial charge on any atom is -0.326 e. The van der Waals surface area contributed by atoms with Gasteiger partial charge >= 0.3 is 0 Å². The molecule has 23 heavy (non-hydrogen) atoms. The van der Waals surface area contributed by atoms with Gasteiger partial charge in [-0.1, -0.05) is 17.2 Å². The zero-order valence-electron chi connectivity index (χ0n) is 12.0. The molecule has 1 aliphatic carbocycles. The summed E-state index contributed by atoms with van der Waals surface area (Å²) in [6.45, 7) is 0. The van der Waals surface area contributed by atoms with Gasteiger partial charge in [-0.3, -0.25) is 14.9 Å². The van der Waals surface area contributed by atoms with Crippen molar-refractivity contribution in [3.05, 3.63) is 51.2 Å². The molecule has 116 valence electrons. The number of tetrazole rings is 1. The summed E-state index contributed by atoms with van der Waals surface area (Å²) in [4.78, 5) is 23.4. The fourth-order valence-electron chi connectivity index (χ4n) is 3.19. The van der Waals surface area contributed by atoms with E-state index in [-0.39, 0.29) is 11.5 Å². The van der Waals surface area contributed by atoms with Crippen molar-refractivity contribution in [2.24, 2.45) is 0 Å². The van der Waals surface area contributed by atoms with Crippen molar-refractivity contribution >= 4 is 17.4 Å². The van der Waals surface area contributed by atoms with Crippen LogP contribution in [-0.2, 0) is 4.79 Å². The van der Waals surface area contributed by atoms with Gasteiger partial charge < -0.3 is 5.32 Å². The molecule has 2 aromatic rings.